The van der Waals surface area contributed by atoms with Crippen molar-refractivity contribution in [3.8, 4) is 0 Å². The van der Waals surface area contributed by atoms with Crippen molar-refractivity contribution in [2.24, 2.45) is 0 Å². The fourth-order valence-electron chi connectivity index (χ4n) is 1.88. The van der Waals surface area contributed by atoms with E-state index in [0.29, 0.717) is 17.9 Å². The van der Waals surface area contributed by atoms with Gasteiger partial charge in [-0.05, 0) is 36.6 Å². The predicted octanol–water partition coefficient (Wildman–Crippen LogP) is 4.22. The molecule has 0 fully saturated rings. The molecule has 0 aliphatic rings. The molecule has 2 aromatic rings. The summed E-state index contributed by atoms with van der Waals surface area (Å²) in [4.78, 5) is 11.9. The monoisotopic (exact) mass is 273 g/mol. The molecular weight excluding hydrogens is 258 g/mol. The third-order valence-electron chi connectivity index (χ3n) is 3.00. The summed E-state index contributed by atoms with van der Waals surface area (Å²) >= 11 is 6.06. The van der Waals surface area contributed by atoms with Crippen molar-refractivity contribution < 1.29 is 4.79 Å². The maximum absolute atomic E-state index is 11.9. The minimum absolute atomic E-state index is 0.00854. The zero-order chi connectivity index (χ0) is 13.7. The predicted molar refractivity (Wildman–Crippen MR) is 79.6 cm³/mol. The van der Waals surface area contributed by atoms with E-state index >= 15 is 0 Å². The van der Waals surface area contributed by atoms with Crippen molar-refractivity contribution in [2.45, 2.75) is 19.8 Å². The molecule has 98 valence electrons. The van der Waals surface area contributed by atoms with Crippen LogP contribution in [0.1, 0.15) is 17.5 Å². The molecule has 1 amide bonds. The van der Waals surface area contributed by atoms with Gasteiger partial charge < -0.3 is 5.32 Å². The average Bonchev–Trinajstić information content (AvgIpc) is 2.40. The highest BCUT2D eigenvalue weighted by molar-refractivity contribution is 6.31. The summed E-state index contributed by atoms with van der Waals surface area (Å²) in [5.74, 6) is 0.00854. The molecule has 0 atom stereocenters. The number of hydrogen-bond acceptors (Lipinski definition) is 1. The number of hydrogen-bond donors (Lipinski definition) is 1. The number of amides is 1. The van der Waals surface area contributed by atoms with Crippen LogP contribution in [0.2, 0.25) is 5.02 Å². The second-order valence-corrected chi connectivity index (χ2v) is 4.86. The average molecular weight is 274 g/mol. The Labute approximate surface area is 118 Å². The Morgan fingerprint density at radius 3 is 2.53 bits per heavy atom. The third-order valence-corrected chi connectivity index (χ3v) is 3.37. The van der Waals surface area contributed by atoms with Crippen LogP contribution < -0.4 is 5.32 Å². The molecule has 0 aliphatic heterocycles. The Bertz CT molecular complexity index is 580. The molecule has 2 rings (SSSR count). The number of anilines is 1. The molecule has 0 aliphatic carbocycles. The van der Waals surface area contributed by atoms with E-state index in [1.165, 1.54) is 0 Å². The van der Waals surface area contributed by atoms with E-state index in [9.17, 15) is 4.79 Å². The van der Waals surface area contributed by atoms with Crippen molar-refractivity contribution in [1.29, 1.82) is 0 Å². The lowest BCUT2D eigenvalue weighted by Crippen LogP contribution is -2.13. The van der Waals surface area contributed by atoms with Gasteiger partial charge in [-0.3, -0.25) is 4.79 Å². The third kappa shape index (κ3) is 3.83. The van der Waals surface area contributed by atoms with E-state index in [-0.39, 0.29) is 5.91 Å². The van der Waals surface area contributed by atoms with Gasteiger partial charge in [0.1, 0.15) is 0 Å². The first-order valence-corrected chi connectivity index (χ1v) is 6.63. The molecule has 0 saturated carbocycles. The van der Waals surface area contributed by atoms with Gasteiger partial charge in [0.2, 0.25) is 5.91 Å². The van der Waals surface area contributed by atoms with Gasteiger partial charge in [0.15, 0.2) is 0 Å². The van der Waals surface area contributed by atoms with E-state index < -0.39 is 0 Å². The molecule has 0 spiro atoms. The maximum atomic E-state index is 11.9. The minimum atomic E-state index is 0.00854. The Morgan fingerprint density at radius 1 is 1.11 bits per heavy atom. The Hall–Kier alpha value is -1.80. The topological polar surface area (TPSA) is 29.1 Å². The van der Waals surface area contributed by atoms with Crippen molar-refractivity contribution in [3.05, 3.63) is 64.7 Å². The molecule has 3 heteroatoms. The van der Waals surface area contributed by atoms with Crippen molar-refractivity contribution in [1.82, 2.24) is 0 Å². The fourth-order valence-corrected chi connectivity index (χ4v) is 2.11. The lowest BCUT2D eigenvalue weighted by molar-refractivity contribution is -0.116. The summed E-state index contributed by atoms with van der Waals surface area (Å²) in [5.41, 5.74) is 2.93. The minimum Gasteiger partial charge on any atom is -0.326 e. The molecule has 2 aromatic carbocycles. The smallest absolute Gasteiger partial charge is 0.224 e. The molecular formula is C16H16ClNO. The van der Waals surface area contributed by atoms with Crippen LogP contribution in [0.15, 0.2) is 48.5 Å². The van der Waals surface area contributed by atoms with Crippen LogP contribution in [0, 0.1) is 6.92 Å². The summed E-state index contributed by atoms with van der Waals surface area (Å²) in [5, 5.41) is 3.63. The first-order valence-electron chi connectivity index (χ1n) is 6.25. The van der Waals surface area contributed by atoms with Crippen LogP contribution in [0.25, 0.3) is 0 Å². The highest BCUT2D eigenvalue weighted by Crippen LogP contribution is 2.17. The van der Waals surface area contributed by atoms with Gasteiger partial charge in [0.25, 0.3) is 0 Å². The van der Waals surface area contributed by atoms with Gasteiger partial charge in [-0.1, -0.05) is 48.0 Å². The van der Waals surface area contributed by atoms with E-state index in [1.807, 2.05) is 55.5 Å². The van der Waals surface area contributed by atoms with Crippen LogP contribution in [0.4, 0.5) is 5.69 Å². The first kappa shape index (κ1) is 13.6. The van der Waals surface area contributed by atoms with Crippen LogP contribution in [-0.4, -0.2) is 5.91 Å². The lowest BCUT2D eigenvalue weighted by Gasteiger charge is -2.08. The zero-order valence-electron chi connectivity index (χ0n) is 10.8. The van der Waals surface area contributed by atoms with Crippen LogP contribution in [0.3, 0.4) is 0 Å². The molecule has 2 nitrogen and oxygen atoms in total. The molecule has 0 aromatic heterocycles. The molecule has 0 radical (unpaired) electrons. The van der Waals surface area contributed by atoms with Crippen LogP contribution >= 0.6 is 11.6 Å². The molecule has 0 bridgehead atoms. The fraction of sp³-hybridized carbons (Fsp3) is 0.188. The Balaban J connectivity index is 1.92. The largest absolute Gasteiger partial charge is 0.326 e. The van der Waals surface area contributed by atoms with Crippen LogP contribution in [-0.2, 0) is 11.2 Å². The molecule has 0 heterocycles. The van der Waals surface area contributed by atoms with Gasteiger partial charge in [-0.2, -0.15) is 0 Å². The number of nitrogens with one attached hydrogen (secondary N) is 1. The van der Waals surface area contributed by atoms with Crippen molar-refractivity contribution >= 4 is 23.2 Å². The van der Waals surface area contributed by atoms with Crippen LogP contribution in [0.5, 0.6) is 0 Å². The number of rotatable bonds is 4. The summed E-state index contributed by atoms with van der Waals surface area (Å²) in [6.07, 6.45) is 1.08. The second kappa shape index (κ2) is 6.39. The first-order chi connectivity index (χ1) is 9.16. The number of halogens is 1. The normalized spacial score (nSPS) is 10.2. The second-order valence-electron chi connectivity index (χ2n) is 4.45. The van der Waals surface area contributed by atoms with Crippen molar-refractivity contribution in [2.75, 3.05) is 5.32 Å². The number of benzene rings is 2. The summed E-state index contributed by atoms with van der Waals surface area (Å²) < 4.78 is 0. The maximum Gasteiger partial charge on any atom is 0.224 e. The molecule has 0 saturated heterocycles. The number of aryl methyl sites for hydroxylation is 2. The van der Waals surface area contributed by atoms with Gasteiger partial charge in [0.05, 0.1) is 0 Å². The summed E-state index contributed by atoms with van der Waals surface area (Å²) in [7, 11) is 0. The van der Waals surface area contributed by atoms with Gasteiger partial charge in [0, 0.05) is 17.1 Å². The standard InChI is InChI=1S/C16H16ClNO/c1-12-6-2-5-9-15(12)18-16(19)11-10-13-7-3-4-8-14(13)17/h2-9H,10-11H2,1H3,(H,18,19). The van der Waals surface area contributed by atoms with E-state index in [2.05, 4.69) is 5.32 Å². The highest BCUT2D eigenvalue weighted by Gasteiger charge is 2.06. The molecule has 19 heavy (non-hydrogen) atoms. The van der Waals surface area contributed by atoms with E-state index in [1.54, 1.807) is 0 Å². The zero-order valence-corrected chi connectivity index (χ0v) is 11.6. The van der Waals surface area contributed by atoms with Gasteiger partial charge >= 0.3 is 0 Å². The Morgan fingerprint density at radius 2 is 1.79 bits per heavy atom. The number of para-hydroxylation sites is 1. The summed E-state index contributed by atoms with van der Waals surface area (Å²) in [6.45, 7) is 1.98. The number of carbonyl (C=O) groups is 1. The number of carbonyl (C=O) groups excluding carboxylic acids is 1. The highest BCUT2D eigenvalue weighted by atomic mass is 35.5. The van der Waals surface area contributed by atoms with E-state index in [4.69, 9.17) is 11.6 Å². The van der Waals surface area contributed by atoms with E-state index in [0.717, 1.165) is 16.8 Å². The quantitative estimate of drug-likeness (QED) is 0.888. The molecule has 1 N–H and O–H groups in total. The summed E-state index contributed by atoms with van der Waals surface area (Å²) in [6, 6.07) is 15.4. The van der Waals surface area contributed by atoms with Gasteiger partial charge in [-0.15, -0.1) is 0 Å². The SMILES string of the molecule is Cc1ccccc1NC(=O)CCc1ccccc1Cl. The lowest BCUT2D eigenvalue weighted by atomic mass is 10.1. The van der Waals surface area contributed by atoms with Crippen molar-refractivity contribution in [3.63, 3.8) is 0 Å². The molecule has 0 unspecified atom stereocenters. The van der Waals surface area contributed by atoms with Gasteiger partial charge in [-0.25, -0.2) is 0 Å². The Kier molecular flexibility index (Phi) is 4.58.